The highest BCUT2D eigenvalue weighted by Gasteiger charge is 2.24. The number of rotatable bonds is 8. The highest BCUT2D eigenvalue weighted by Crippen LogP contribution is 2.32. The zero-order valence-corrected chi connectivity index (χ0v) is 18.1. The molecule has 1 atom stereocenters. The molecule has 1 heterocycles. The molecule has 1 aliphatic carbocycles. The van der Waals surface area contributed by atoms with Crippen LogP contribution in [0.15, 0.2) is 54.7 Å². The summed E-state index contributed by atoms with van der Waals surface area (Å²) in [5, 5.41) is 8.44. The molecule has 0 spiro atoms. The first-order chi connectivity index (χ1) is 14.6. The third-order valence-electron chi connectivity index (χ3n) is 5.58. The Morgan fingerprint density at radius 1 is 1.10 bits per heavy atom. The highest BCUT2D eigenvalue weighted by atomic mass is 16.5. The molecule has 3 aromatic rings. The summed E-state index contributed by atoms with van der Waals surface area (Å²) in [4.78, 5) is 0. The summed E-state index contributed by atoms with van der Waals surface area (Å²) in [5.41, 5.74) is 5.17. The SMILES string of the molecule is COc1cc(CNC2CCCc3c2cnn3Cc2ccccc2)ccc1OC(C)C. The lowest BCUT2D eigenvalue weighted by atomic mass is 9.92. The van der Waals surface area contributed by atoms with Crippen LogP contribution in [0.4, 0.5) is 0 Å². The van der Waals surface area contributed by atoms with E-state index in [1.807, 2.05) is 19.9 Å². The lowest BCUT2D eigenvalue weighted by Crippen LogP contribution is -2.25. The molecule has 0 radical (unpaired) electrons. The number of ether oxygens (including phenoxy) is 2. The lowest BCUT2D eigenvalue weighted by Gasteiger charge is -2.24. The zero-order valence-electron chi connectivity index (χ0n) is 18.1. The molecule has 1 aliphatic rings. The molecule has 1 aromatic heterocycles. The van der Waals surface area contributed by atoms with Gasteiger partial charge in [-0.1, -0.05) is 36.4 Å². The molecule has 0 saturated carbocycles. The average molecular weight is 406 g/mol. The summed E-state index contributed by atoms with van der Waals surface area (Å²) in [6, 6.07) is 17.0. The number of aromatic nitrogens is 2. The van der Waals surface area contributed by atoms with Crippen molar-refractivity contribution < 1.29 is 9.47 Å². The molecule has 0 bridgehead atoms. The maximum Gasteiger partial charge on any atom is 0.161 e. The van der Waals surface area contributed by atoms with Crippen molar-refractivity contribution in [3.63, 3.8) is 0 Å². The summed E-state index contributed by atoms with van der Waals surface area (Å²) >= 11 is 0. The van der Waals surface area contributed by atoms with E-state index in [2.05, 4.69) is 58.7 Å². The van der Waals surface area contributed by atoms with Crippen molar-refractivity contribution >= 4 is 0 Å². The number of hydrogen-bond donors (Lipinski definition) is 1. The van der Waals surface area contributed by atoms with Crippen molar-refractivity contribution in [2.45, 2.75) is 58.3 Å². The Bertz CT molecular complexity index is 966. The number of nitrogens with zero attached hydrogens (tertiary/aromatic N) is 2. The maximum atomic E-state index is 5.83. The van der Waals surface area contributed by atoms with Gasteiger partial charge in [-0.2, -0.15) is 5.10 Å². The summed E-state index contributed by atoms with van der Waals surface area (Å²) in [5.74, 6) is 1.57. The van der Waals surface area contributed by atoms with Gasteiger partial charge in [0.15, 0.2) is 11.5 Å². The zero-order chi connectivity index (χ0) is 20.9. The Kier molecular flexibility index (Phi) is 6.38. The van der Waals surface area contributed by atoms with Crippen molar-refractivity contribution in [1.82, 2.24) is 15.1 Å². The number of hydrogen-bond acceptors (Lipinski definition) is 4. The van der Waals surface area contributed by atoms with Crippen LogP contribution in [0.1, 0.15) is 55.1 Å². The summed E-state index contributed by atoms with van der Waals surface area (Å²) in [6.07, 6.45) is 5.58. The van der Waals surface area contributed by atoms with Gasteiger partial charge in [-0.15, -0.1) is 0 Å². The molecule has 0 amide bonds. The first-order valence-corrected chi connectivity index (χ1v) is 10.8. The van der Waals surface area contributed by atoms with Crippen LogP contribution in [0.3, 0.4) is 0 Å². The van der Waals surface area contributed by atoms with E-state index in [4.69, 9.17) is 14.6 Å². The first kappa shape index (κ1) is 20.5. The fourth-order valence-corrected chi connectivity index (χ4v) is 4.14. The number of fused-ring (bicyclic) bond motifs is 1. The van der Waals surface area contributed by atoms with Crippen molar-refractivity contribution in [2.24, 2.45) is 0 Å². The largest absolute Gasteiger partial charge is 0.493 e. The van der Waals surface area contributed by atoms with Gasteiger partial charge in [-0.3, -0.25) is 4.68 Å². The van der Waals surface area contributed by atoms with Gasteiger partial charge < -0.3 is 14.8 Å². The molecule has 0 aliphatic heterocycles. The average Bonchev–Trinajstić information content (AvgIpc) is 3.17. The molecule has 2 aromatic carbocycles. The Labute approximate surface area is 179 Å². The van der Waals surface area contributed by atoms with E-state index in [9.17, 15) is 0 Å². The van der Waals surface area contributed by atoms with Gasteiger partial charge in [0.05, 0.1) is 26.0 Å². The minimum Gasteiger partial charge on any atom is -0.493 e. The first-order valence-electron chi connectivity index (χ1n) is 10.8. The molecule has 158 valence electrons. The third kappa shape index (κ3) is 4.68. The van der Waals surface area contributed by atoms with Gasteiger partial charge >= 0.3 is 0 Å². The van der Waals surface area contributed by atoms with Gasteiger partial charge in [-0.05, 0) is 56.4 Å². The molecule has 5 nitrogen and oxygen atoms in total. The number of benzene rings is 2. The molecule has 1 unspecified atom stereocenters. The van der Waals surface area contributed by atoms with Gasteiger partial charge in [0, 0.05) is 23.8 Å². The summed E-state index contributed by atoms with van der Waals surface area (Å²) in [6.45, 7) is 5.66. The van der Waals surface area contributed by atoms with Gasteiger partial charge in [0.25, 0.3) is 0 Å². The van der Waals surface area contributed by atoms with E-state index in [1.165, 1.54) is 28.8 Å². The van der Waals surface area contributed by atoms with Crippen LogP contribution in [0.2, 0.25) is 0 Å². The molecule has 0 fully saturated rings. The fourth-order valence-electron chi connectivity index (χ4n) is 4.14. The quantitative estimate of drug-likeness (QED) is 0.579. The Hall–Kier alpha value is -2.79. The van der Waals surface area contributed by atoms with Crippen molar-refractivity contribution in [3.05, 3.63) is 77.1 Å². The smallest absolute Gasteiger partial charge is 0.161 e. The van der Waals surface area contributed by atoms with Crippen LogP contribution in [-0.4, -0.2) is 23.0 Å². The van der Waals surface area contributed by atoms with Crippen molar-refractivity contribution in [3.8, 4) is 11.5 Å². The van der Waals surface area contributed by atoms with Crippen molar-refractivity contribution in [2.75, 3.05) is 7.11 Å². The van der Waals surface area contributed by atoms with Crippen molar-refractivity contribution in [1.29, 1.82) is 0 Å². The van der Waals surface area contributed by atoms with Crippen LogP contribution < -0.4 is 14.8 Å². The van der Waals surface area contributed by atoms with Crippen LogP contribution in [0, 0.1) is 0 Å². The molecule has 30 heavy (non-hydrogen) atoms. The Balaban J connectivity index is 1.45. The molecule has 1 N–H and O–H groups in total. The Morgan fingerprint density at radius 2 is 1.93 bits per heavy atom. The topological polar surface area (TPSA) is 48.3 Å². The van der Waals surface area contributed by atoms with Gasteiger partial charge in [-0.25, -0.2) is 0 Å². The second-order valence-electron chi connectivity index (χ2n) is 8.17. The van der Waals surface area contributed by atoms with E-state index in [0.29, 0.717) is 6.04 Å². The second kappa shape index (κ2) is 9.35. The van der Waals surface area contributed by atoms with Gasteiger partial charge in [0.2, 0.25) is 0 Å². The normalized spacial score (nSPS) is 15.8. The predicted molar refractivity (Wildman–Crippen MR) is 119 cm³/mol. The maximum absolute atomic E-state index is 5.83. The number of nitrogens with one attached hydrogen (secondary N) is 1. The van der Waals surface area contributed by atoms with Crippen LogP contribution in [0.5, 0.6) is 11.5 Å². The Morgan fingerprint density at radius 3 is 2.70 bits per heavy atom. The van der Waals surface area contributed by atoms with E-state index in [-0.39, 0.29) is 6.10 Å². The van der Waals surface area contributed by atoms with E-state index in [1.54, 1.807) is 7.11 Å². The third-order valence-corrected chi connectivity index (χ3v) is 5.58. The van der Waals surface area contributed by atoms with Crippen LogP contribution >= 0.6 is 0 Å². The highest BCUT2D eigenvalue weighted by molar-refractivity contribution is 5.43. The molecular weight excluding hydrogens is 374 g/mol. The van der Waals surface area contributed by atoms with E-state index in [0.717, 1.165) is 37.4 Å². The number of methoxy groups -OCH3 is 1. The van der Waals surface area contributed by atoms with Crippen LogP contribution in [-0.2, 0) is 19.5 Å². The lowest BCUT2D eigenvalue weighted by molar-refractivity contribution is 0.230. The molecule has 0 saturated heterocycles. The predicted octanol–water partition coefficient (Wildman–Crippen LogP) is 4.89. The van der Waals surface area contributed by atoms with E-state index >= 15 is 0 Å². The van der Waals surface area contributed by atoms with Gasteiger partial charge in [0.1, 0.15) is 0 Å². The minimum absolute atomic E-state index is 0.121. The fraction of sp³-hybridized carbons (Fsp3) is 0.400. The monoisotopic (exact) mass is 405 g/mol. The summed E-state index contributed by atoms with van der Waals surface area (Å²) < 4.78 is 13.5. The summed E-state index contributed by atoms with van der Waals surface area (Å²) in [7, 11) is 1.69. The standard InChI is InChI=1S/C25H31N3O2/c1-18(2)30-24-13-12-20(14-25(24)29-3)15-26-22-10-7-11-23-21(22)16-27-28(23)17-19-8-5-4-6-9-19/h4-6,8-9,12-14,16,18,22,26H,7,10-11,15,17H2,1-3H3. The molecular formula is C25H31N3O2. The molecule has 5 heteroatoms. The van der Waals surface area contributed by atoms with E-state index < -0.39 is 0 Å². The second-order valence-corrected chi connectivity index (χ2v) is 8.17. The minimum atomic E-state index is 0.121. The molecule has 4 rings (SSSR count). The van der Waals surface area contributed by atoms with Crippen LogP contribution in [0.25, 0.3) is 0 Å².